The number of aryl methyl sites for hydroxylation is 1. The second-order valence-corrected chi connectivity index (χ2v) is 7.33. The van der Waals surface area contributed by atoms with Crippen LogP contribution in [0.2, 0.25) is 0 Å². The van der Waals surface area contributed by atoms with Gasteiger partial charge in [0.25, 0.3) is 0 Å². The Morgan fingerprint density at radius 2 is 1.69 bits per heavy atom. The van der Waals surface area contributed by atoms with E-state index in [2.05, 4.69) is 5.18 Å². The van der Waals surface area contributed by atoms with Gasteiger partial charge in [-0.1, -0.05) is 18.2 Å². The SMILES string of the molecule is O=NC(=O)/C=C/c1ccc2c(c1)CCCC2OCc1cc(C(F)(F)F)cc(C(F)(F)F)c1. The van der Waals surface area contributed by atoms with Crippen LogP contribution in [-0.4, -0.2) is 5.91 Å². The average Bonchev–Trinajstić information content (AvgIpc) is 2.74. The first-order chi connectivity index (χ1) is 15.0. The summed E-state index contributed by atoms with van der Waals surface area (Å²) in [5, 5.41) is 2.26. The quantitative estimate of drug-likeness (QED) is 0.288. The van der Waals surface area contributed by atoms with Crippen LogP contribution in [0.25, 0.3) is 6.08 Å². The highest BCUT2D eigenvalue weighted by Gasteiger charge is 2.37. The Hall–Kier alpha value is -3.01. The molecule has 0 bridgehead atoms. The first-order valence-electron chi connectivity index (χ1n) is 9.55. The molecule has 0 saturated heterocycles. The highest BCUT2D eigenvalue weighted by atomic mass is 19.4. The molecule has 0 heterocycles. The lowest BCUT2D eigenvalue weighted by Crippen LogP contribution is -2.15. The maximum atomic E-state index is 13.0. The van der Waals surface area contributed by atoms with Crippen molar-refractivity contribution in [3.8, 4) is 0 Å². The van der Waals surface area contributed by atoms with Crippen LogP contribution >= 0.6 is 0 Å². The number of nitrogens with zero attached hydrogens (tertiary/aromatic N) is 1. The van der Waals surface area contributed by atoms with Crippen molar-refractivity contribution in [2.75, 3.05) is 0 Å². The zero-order chi connectivity index (χ0) is 23.5. The fourth-order valence-electron chi connectivity index (χ4n) is 3.56. The van der Waals surface area contributed by atoms with Gasteiger partial charge in [-0.05, 0) is 65.8 Å². The number of alkyl halides is 6. The van der Waals surface area contributed by atoms with Gasteiger partial charge in [-0.3, -0.25) is 4.79 Å². The van der Waals surface area contributed by atoms with E-state index in [1.807, 2.05) is 0 Å². The molecule has 0 aromatic heterocycles. The van der Waals surface area contributed by atoms with Crippen molar-refractivity contribution < 1.29 is 35.9 Å². The highest BCUT2D eigenvalue weighted by molar-refractivity contribution is 5.92. The van der Waals surface area contributed by atoms with Crippen molar-refractivity contribution in [3.63, 3.8) is 0 Å². The van der Waals surface area contributed by atoms with E-state index in [0.29, 0.717) is 37.0 Å². The molecule has 32 heavy (non-hydrogen) atoms. The zero-order valence-corrected chi connectivity index (χ0v) is 16.5. The summed E-state index contributed by atoms with van der Waals surface area (Å²) in [4.78, 5) is 21.1. The third-order valence-corrected chi connectivity index (χ3v) is 5.03. The standard InChI is InChI=1S/C22H17F6NO3/c23-21(24,25)16-9-14(10-17(11-16)22(26,27)28)12-32-19-3-1-2-15-8-13(4-6-18(15)19)5-7-20(30)29-31/h4-11,19H,1-3,12H2/b7-5+. The largest absolute Gasteiger partial charge is 0.416 e. The number of rotatable bonds is 5. The molecule has 2 aromatic rings. The maximum Gasteiger partial charge on any atom is 0.416 e. The Morgan fingerprint density at radius 3 is 2.28 bits per heavy atom. The minimum atomic E-state index is -4.92. The van der Waals surface area contributed by atoms with Crippen LogP contribution in [0.15, 0.2) is 47.7 Å². The van der Waals surface area contributed by atoms with E-state index in [4.69, 9.17) is 4.74 Å². The normalized spacial score (nSPS) is 16.8. The van der Waals surface area contributed by atoms with E-state index in [1.54, 1.807) is 18.2 Å². The predicted octanol–water partition coefficient (Wildman–Crippen LogP) is 6.62. The van der Waals surface area contributed by atoms with Crippen molar-refractivity contribution in [3.05, 3.63) is 80.8 Å². The Morgan fingerprint density at radius 1 is 1.03 bits per heavy atom. The Balaban J connectivity index is 1.81. The van der Waals surface area contributed by atoms with Crippen LogP contribution in [0.1, 0.15) is 52.3 Å². The number of ether oxygens (including phenoxy) is 1. The van der Waals surface area contributed by atoms with Gasteiger partial charge >= 0.3 is 18.3 Å². The smallest absolute Gasteiger partial charge is 0.369 e. The van der Waals surface area contributed by atoms with E-state index >= 15 is 0 Å². The second-order valence-electron chi connectivity index (χ2n) is 7.33. The van der Waals surface area contributed by atoms with Gasteiger partial charge in [0.05, 0.1) is 23.8 Å². The van der Waals surface area contributed by atoms with Gasteiger partial charge in [0, 0.05) is 11.3 Å². The fourth-order valence-corrected chi connectivity index (χ4v) is 3.56. The molecule has 2 aromatic carbocycles. The summed E-state index contributed by atoms with van der Waals surface area (Å²) in [5.74, 6) is -0.928. The van der Waals surface area contributed by atoms with Crippen molar-refractivity contribution in [2.24, 2.45) is 5.18 Å². The van der Waals surface area contributed by atoms with E-state index in [0.717, 1.165) is 17.2 Å². The molecule has 1 amide bonds. The lowest BCUT2D eigenvalue weighted by molar-refractivity contribution is -0.143. The number of amides is 1. The molecule has 170 valence electrons. The topological polar surface area (TPSA) is 55.7 Å². The van der Waals surface area contributed by atoms with Crippen LogP contribution in [0.4, 0.5) is 26.3 Å². The van der Waals surface area contributed by atoms with Crippen molar-refractivity contribution in [1.82, 2.24) is 0 Å². The maximum absolute atomic E-state index is 13.0. The van der Waals surface area contributed by atoms with Crippen molar-refractivity contribution >= 4 is 12.0 Å². The lowest BCUT2D eigenvalue weighted by Gasteiger charge is -2.26. The molecule has 1 aliphatic carbocycles. The van der Waals surface area contributed by atoms with Gasteiger partial charge in [0.2, 0.25) is 0 Å². The molecule has 1 aliphatic rings. The number of halogens is 6. The second kappa shape index (κ2) is 9.23. The molecule has 0 aliphatic heterocycles. The van der Waals surface area contributed by atoms with Gasteiger partial charge < -0.3 is 4.74 Å². The minimum absolute atomic E-state index is 0.0827. The molecule has 0 spiro atoms. The molecule has 3 rings (SSSR count). The van der Waals surface area contributed by atoms with Crippen LogP contribution < -0.4 is 0 Å². The summed E-state index contributed by atoms with van der Waals surface area (Å²) >= 11 is 0. The average molecular weight is 457 g/mol. The number of nitroso groups, excluding NO2 is 1. The van der Waals surface area contributed by atoms with Gasteiger partial charge in [-0.15, -0.1) is 4.91 Å². The molecule has 0 radical (unpaired) electrons. The number of carbonyl (C=O) groups excluding carboxylic acids is 1. The summed E-state index contributed by atoms with van der Waals surface area (Å²) in [7, 11) is 0. The summed E-state index contributed by atoms with van der Waals surface area (Å²) < 4.78 is 84.0. The van der Waals surface area contributed by atoms with Crippen molar-refractivity contribution in [2.45, 2.75) is 44.3 Å². The summed E-state index contributed by atoms with van der Waals surface area (Å²) in [5.41, 5.74) is -0.685. The number of benzene rings is 2. The molecule has 0 fully saturated rings. The van der Waals surface area contributed by atoms with E-state index < -0.39 is 42.1 Å². The summed E-state index contributed by atoms with van der Waals surface area (Å²) in [6, 6.07) is 6.58. The number of fused-ring (bicyclic) bond motifs is 1. The van der Waals surface area contributed by atoms with Gasteiger partial charge in [0.15, 0.2) is 0 Å². The molecule has 4 nitrogen and oxygen atoms in total. The molecule has 1 unspecified atom stereocenters. The Labute approximate surface area is 178 Å². The number of hydrogen-bond acceptors (Lipinski definition) is 3. The van der Waals surface area contributed by atoms with Crippen LogP contribution in [0, 0.1) is 4.91 Å². The third kappa shape index (κ3) is 5.82. The first-order valence-corrected chi connectivity index (χ1v) is 9.55. The van der Waals surface area contributed by atoms with Crippen LogP contribution in [0.3, 0.4) is 0 Å². The number of hydrogen-bond donors (Lipinski definition) is 0. The van der Waals surface area contributed by atoms with Crippen LogP contribution in [-0.2, 0) is 34.9 Å². The molecule has 10 heteroatoms. The van der Waals surface area contributed by atoms with E-state index in [1.165, 1.54) is 6.08 Å². The van der Waals surface area contributed by atoms with Gasteiger partial charge in [-0.2, -0.15) is 26.3 Å². The Kier molecular flexibility index (Phi) is 6.82. The molecule has 0 N–H and O–H groups in total. The first kappa shape index (κ1) is 23.6. The highest BCUT2D eigenvalue weighted by Crippen LogP contribution is 2.38. The fraction of sp³-hybridized carbons (Fsp3) is 0.318. The van der Waals surface area contributed by atoms with E-state index in [9.17, 15) is 36.0 Å². The Bertz CT molecular complexity index is 1010. The molecule has 1 atom stereocenters. The summed E-state index contributed by atoms with van der Waals surface area (Å²) in [6.45, 7) is -0.418. The van der Waals surface area contributed by atoms with Gasteiger partial charge in [0.1, 0.15) is 0 Å². The summed E-state index contributed by atoms with van der Waals surface area (Å²) in [6.07, 6.45) is -5.93. The monoisotopic (exact) mass is 457 g/mol. The predicted molar refractivity (Wildman–Crippen MR) is 103 cm³/mol. The van der Waals surface area contributed by atoms with Crippen molar-refractivity contribution in [1.29, 1.82) is 0 Å². The van der Waals surface area contributed by atoms with Gasteiger partial charge in [-0.25, -0.2) is 0 Å². The van der Waals surface area contributed by atoms with E-state index in [-0.39, 0.29) is 11.6 Å². The third-order valence-electron chi connectivity index (χ3n) is 5.03. The molecule has 0 saturated carbocycles. The number of carbonyl (C=O) groups is 1. The lowest BCUT2D eigenvalue weighted by atomic mass is 9.88. The zero-order valence-electron chi connectivity index (χ0n) is 16.5. The minimum Gasteiger partial charge on any atom is -0.369 e. The van der Waals surface area contributed by atoms with Crippen LogP contribution in [0.5, 0.6) is 0 Å². The molecular formula is C22H17F6NO3. The molecular weight excluding hydrogens is 440 g/mol.